The van der Waals surface area contributed by atoms with Gasteiger partial charge < -0.3 is 0 Å². The first-order valence-corrected chi connectivity index (χ1v) is 12.0. The van der Waals surface area contributed by atoms with Gasteiger partial charge in [0.2, 0.25) is 0 Å². The molecule has 0 aliphatic carbocycles. The molecule has 3 heterocycles. The summed E-state index contributed by atoms with van der Waals surface area (Å²) in [5.74, 6) is -0.527. The lowest BCUT2D eigenvalue weighted by Gasteiger charge is -2.09. The second kappa shape index (κ2) is 8.34. The monoisotopic (exact) mass is 456 g/mol. The summed E-state index contributed by atoms with van der Waals surface area (Å²) in [6.07, 6.45) is 3.35. The molecule has 7 nitrogen and oxygen atoms in total. The van der Waals surface area contributed by atoms with Crippen LogP contribution in [0, 0.1) is 6.92 Å². The number of carbonyl (C=O) groups excluding carboxylic acids is 1. The van der Waals surface area contributed by atoms with Crippen molar-refractivity contribution in [3.63, 3.8) is 0 Å². The Labute approximate surface area is 181 Å². The molecule has 10 heteroatoms. The van der Waals surface area contributed by atoms with Gasteiger partial charge >= 0.3 is 0 Å². The fraction of sp³-hybridized carbons (Fsp3) is 0.0500. The van der Waals surface area contributed by atoms with Crippen molar-refractivity contribution in [1.29, 1.82) is 0 Å². The number of hydrogen-bond donors (Lipinski definition) is 2. The third-order valence-electron chi connectivity index (χ3n) is 4.11. The molecule has 4 aromatic rings. The number of amides is 1. The van der Waals surface area contributed by atoms with Gasteiger partial charge in [-0.2, -0.15) is 0 Å². The molecule has 0 aliphatic rings. The number of rotatable bonds is 6. The van der Waals surface area contributed by atoms with Crippen molar-refractivity contribution in [2.24, 2.45) is 0 Å². The van der Waals surface area contributed by atoms with Gasteiger partial charge in [0.05, 0.1) is 5.69 Å². The number of carbonyl (C=O) groups is 1. The molecular formula is C20H16N4O3S3. The van der Waals surface area contributed by atoms with Crippen LogP contribution in [0.15, 0.2) is 70.5 Å². The summed E-state index contributed by atoms with van der Waals surface area (Å²) in [6, 6.07) is 12.1. The number of thiazole rings is 1. The van der Waals surface area contributed by atoms with Crippen molar-refractivity contribution < 1.29 is 13.2 Å². The lowest BCUT2D eigenvalue weighted by molar-refractivity contribution is 0.102. The van der Waals surface area contributed by atoms with Crippen LogP contribution in [-0.4, -0.2) is 24.3 Å². The molecule has 0 fully saturated rings. The van der Waals surface area contributed by atoms with E-state index >= 15 is 0 Å². The fourth-order valence-corrected chi connectivity index (χ4v) is 5.74. The number of thiophene rings is 1. The van der Waals surface area contributed by atoms with Gasteiger partial charge in [-0.05, 0) is 42.6 Å². The highest BCUT2D eigenvalue weighted by Gasteiger charge is 2.25. The second-order valence-electron chi connectivity index (χ2n) is 6.32. The average Bonchev–Trinajstić information content (AvgIpc) is 3.40. The van der Waals surface area contributed by atoms with E-state index in [9.17, 15) is 13.2 Å². The first-order valence-electron chi connectivity index (χ1n) is 8.77. The zero-order valence-electron chi connectivity index (χ0n) is 15.7. The maximum Gasteiger partial charge on any atom is 0.268 e. The number of benzene rings is 1. The van der Waals surface area contributed by atoms with Crippen LogP contribution in [0.1, 0.15) is 15.2 Å². The summed E-state index contributed by atoms with van der Waals surface area (Å²) in [5, 5.41) is 6.44. The Morgan fingerprint density at radius 3 is 2.60 bits per heavy atom. The van der Waals surface area contributed by atoms with Crippen molar-refractivity contribution in [2.75, 3.05) is 10.0 Å². The van der Waals surface area contributed by atoms with E-state index in [2.05, 4.69) is 20.0 Å². The second-order valence-corrected chi connectivity index (χ2v) is 9.74. The van der Waals surface area contributed by atoms with E-state index in [1.807, 2.05) is 13.0 Å². The summed E-state index contributed by atoms with van der Waals surface area (Å²) in [5.41, 5.74) is 2.96. The minimum atomic E-state index is -3.91. The Kier molecular flexibility index (Phi) is 5.62. The van der Waals surface area contributed by atoms with E-state index < -0.39 is 15.9 Å². The maximum atomic E-state index is 12.8. The van der Waals surface area contributed by atoms with Crippen LogP contribution in [0.4, 0.5) is 10.8 Å². The van der Waals surface area contributed by atoms with Crippen LogP contribution in [-0.2, 0) is 10.0 Å². The Hall–Kier alpha value is -3.08. The maximum absolute atomic E-state index is 12.8. The highest BCUT2D eigenvalue weighted by molar-refractivity contribution is 7.93. The minimum absolute atomic E-state index is 0.0744. The largest absolute Gasteiger partial charge is 0.297 e. The van der Waals surface area contributed by atoms with Gasteiger partial charge in [0.15, 0.2) is 5.13 Å². The predicted molar refractivity (Wildman–Crippen MR) is 120 cm³/mol. The SMILES string of the molecule is Cc1ccc(NS(=O)(=O)c2ccsc2C(=O)Nc2nc(-c3cccnc3)cs2)cc1. The van der Waals surface area contributed by atoms with Crippen LogP contribution >= 0.6 is 22.7 Å². The van der Waals surface area contributed by atoms with Crippen molar-refractivity contribution in [3.8, 4) is 11.3 Å². The topological polar surface area (TPSA) is 101 Å². The quantitative estimate of drug-likeness (QED) is 0.441. The number of aryl methyl sites for hydroxylation is 1. The Bertz CT molecular complexity index is 1280. The number of aromatic nitrogens is 2. The molecular weight excluding hydrogens is 440 g/mol. The number of nitrogens with one attached hydrogen (secondary N) is 2. The van der Waals surface area contributed by atoms with E-state index in [1.165, 1.54) is 17.4 Å². The first-order chi connectivity index (χ1) is 14.4. The Balaban J connectivity index is 1.53. The van der Waals surface area contributed by atoms with Crippen LogP contribution in [0.3, 0.4) is 0 Å². The lowest BCUT2D eigenvalue weighted by Crippen LogP contribution is -2.18. The number of sulfonamides is 1. The van der Waals surface area contributed by atoms with Crippen molar-refractivity contribution in [1.82, 2.24) is 9.97 Å². The van der Waals surface area contributed by atoms with Gasteiger partial charge in [0.1, 0.15) is 9.77 Å². The number of pyridine rings is 1. The zero-order chi connectivity index (χ0) is 21.1. The van der Waals surface area contributed by atoms with Gasteiger partial charge in [-0.3, -0.25) is 19.8 Å². The number of anilines is 2. The fourth-order valence-electron chi connectivity index (χ4n) is 2.64. The summed E-state index contributed by atoms with van der Waals surface area (Å²) in [7, 11) is -3.91. The molecule has 0 unspecified atom stereocenters. The van der Waals surface area contributed by atoms with Gasteiger partial charge in [-0.1, -0.05) is 17.7 Å². The molecule has 30 heavy (non-hydrogen) atoms. The minimum Gasteiger partial charge on any atom is -0.297 e. The number of hydrogen-bond acceptors (Lipinski definition) is 7. The van der Waals surface area contributed by atoms with Crippen molar-refractivity contribution in [2.45, 2.75) is 11.8 Å². The molecule has 0 radical (unpaired) electrons. The van der Waals surface area contributed by atoms with Gasteiger partial charge in [0, 0.05) is 29.0 Å². The first kappa shape index (κ1) is 20.2. The van der Waals surface area contributed by atoms with E-state index in [0.29, 0.717) is 16.5 Å². The third-order valence-corrected chi connectivity index (χ3v) is 7.33. The van der Waals surface area contributed by atoms with Gasteiger partial charge in [-0.15, -0.1) is 22.7 Å². The average molecular weight is 457 g/mol. The molecule has 152 valence electrons. The molecule has 3 aromatic heterocycles. The zero-order valence-corrected chi connectivity index (χ0v) is 18.1. The van der Waals surface area contributed by atoms with E-state index in [1.54, 1.807) is 53.5 Å². The molecule has 1 amide bonds. The molecule has 0 saturated heterocycles. The van der Waals surface area contributed by atoms with Crippen molar-refractivity contribution >= 4 is 49.4 Å². The van der Waals surface area contributed by atoms with Crippen LogP contribution in [0.25, 0.3) is 11.3 Å². The normalized spacial score (nSPS) is 11.2. The third kappa shape index (κ3) is 4.40. The van der Waals surface area contributed by atoms with E-state index in [-0.39, 0.29) is 9.77 Å². The summed E-state index contributed by atoms with van der Waals surface area (Å²) in [6.45, 7) is 1.91. The summed E-state index contributed by atoms with van der Waals surface area (Å²) < 4.78 is 28.1. The molecule has 0 aliphatic heterocycles. The van der Waals surface area contributed by atoms with E-state index in [4.69, 9.17) is 0 Å². The Morgan fingerprint density at radius 1 is 1.07 bits per heavy atom. The van der Waals surface area contributed by atoms with Crippen LogP contribution in [0.5, 0.6) is 0 Å². The predicted octanol–water partition coefficient (Wildman–Crippen LogP) is 4.63. The van der Waals surface area contributed by atoms with Crippen LogP contribution in [0.2, 0.25) is 0 Å². The van der Waals surface area contributed by atoms with Gasteiger partial charge in [-0.25, -0.2) is 13.4 Å². The molecule has 0 bridgehead atoms. The Morgan fingerprint density at radius 2 is 1.87 bits per heavy atom. The highest BCUT2D eigenvalue weighted by atomic mass is 32.2. The highest BCUT2D eigenvalue weighted by Crippen LogP contribution is 2.28. The smallest absolute Gasteiger partial charge is 0.268 e. The molecule has 4 rings (SSSR count). The molecule has 2 N–H and O–H groups in total. The molecule has 1 aromatic carbocycles. The van der Waals surface area contributed by atoms with Gasteiger partial charge in [0.25, 0.3) is 15.9 Å². The molecule has 0 spiro atoms. The summed E-state index contributed by atoms with van der Waals surface area (Å²) >= 11 is 2.31. The summed E-state index contributed by atoms with van der Waals surface area (Å²) in [4.78, 5) is 21.2. The number of nitrogens with zero attached hydrogens (tertiary/aromatic N) is 2. The van der Waals surface area contributed by atoms with E-state index in [0.717, 1.165) is 22.5 Å². The molecule has 0 atom stereocenters. The molecule has 0 saturated carbocycles. The van der Waals surface area contributed by atoms with Crippen LogP contribution < -0.4 is 10.0 Å². The lowest BCUT2D eigenvalue weighted by atomic mass is 10.2. The van der Waals surface area contributed by atoms with Crippen molar-refractivity contribution in [3.05, 3.63) is 76.1 Å². The standard InChI is InChI=1S/C20H16N4O3S3/c1-13-4-6-15(7-5-13)24-30(26,27)17-8-10-28-18(17)19(25)23-20-22-16(12-29-20)14-3-2-9-21-11-14/h2-12,24H,1H3,(H,22,23,25).